The largest absolute Gasteiger partial charge is 0.310 e. The quantitative estimate of drug-likeness (QED) is 0.154. The molecule has 0 heterocycles. The van der Waals surface area contributed by atoms with Gasteiger partial charge in [-0.25, -0.2) is 0 Å². The van der Waals surface area contributed by atoms with Crippen LogP contribution in [-0.2, 0) is 5.41 Å². The van der Waals surface area contributed by atoms with E-state index in [0.29, 0.717) is 4.90 Å². The molecule has 1 nitrogen and oxygen atoms in total. The Morgan fingerprint density at radius 2 is 0.909 bits per heavy atom. The fourth-order valence-corrected chi connectivity index (χ4v) is 8.70. The minimum Gasteiger partial charge on any atom is -0.310 e. The SMILES string of the molecule is [2H]c1cc([2H])c([2H])c(-c2c([2H])c([2H])c(N(c3c([2H])cc(-c4c([2H])c([2H])c5c([2H])cc([2H])c([2H])c5c4-c4c([2H])c([2H])c(-c5c([2H])c([2H])c([2H])c([2H])c5[2H])c([2H])c4[2H])c([2H])c3[2H])c3c([2H])cc4c(c3[2H])C3(c5cc([2H])cc([2H])c5-c5c3cc([2H])c([2H])c5[2H])c3c([2H])c([2H])cc([2H])c3-4)c([2H])c2[2H])c1. The van der Waals surface area contributed by atoms with Gasteiger partial charge in [0.05, 0.1) is 52.0 Å². The van der Waals surface area contributed by atoms with Gasteiger partial charge in [0.15, 0.2) is 0 Å². The molecule has 1 unspecified atom stereocenters. The summed E-state index contributed by atoms with van der Waals surface area (Å²) in [6, 6.07) is -19.6. The van der Waals surface area contributed by atoms with E-state index in [1.54, 1.807) is 0 Å². The Hall–Kier alpha value is -8.52. The molecule has 11 aromatic rings. The van der Waals surface area contributed by atoms with Crippen LogP contribution in [0.4, 0.5) is 17.1 Å². The van der Waals surface area contributed by atoms with Gasteiger partial charge in [-0.3, -0.25) is 0 Å². The van der Waals surface area contributed by atoms with E-state index in [2.05, 4.69) is 0 Å². The Morgan fingerprint density at radius 1 is 0.303 bits per heavy atom. The van der Waals surface area contributed by atoms with E-state index in [0.717, 1.165) is 48.5 Å². The van der Waals surface area contributed by atoms with Crippen LogP contribution >= 0.6 is 0 Å². The van der Waals surface area contributed by atoms with Crippen LogP contribution in [-0.4, -0.2) is 0 Å². The van der Waals surface area contributed by atoms with Gasteiger partial charge in [-0.05, 0) is 136 Å². The van der Waals surface area contributed by atoms with Crippen molar-refractivity contribution in [3.63, 3.8) is 0 Å². The van der Waals surface area contributed by atoms with Gasteiger partial charge < -0.3 is 4.90 Å². The predicted molar refractivity (Wildman–Crippen MR) is 277 cm³/mol. The molecule has 0 saturated heterocycles. The molecule has 0 aliphatic heterocycles. The van der Waals surface area contributed by atoms with Crippen LogP contribution < -0.4 is 4.90 Å². The fourth-order valence-electron chi connectivity index (χ4n) is 8.70. The summed E-state index contributed by atoms with van der Waals surface area (Å²) in [7, 11) is 0. The Kier molecular flexibility index (Phi) is 3.98. The van der Waals surface area contributed by atoms with Crippen molar-refractivity contribution in [2.24, 2.45) is 0 Å². The highest BCUT2D eigenvalue weighted by Crippen LogP contribution is 2.63. The summed E-state index contributed by atoms with van der Waals surface area (Å²) >= 11 is 0. The second kappa shape index (κ2) is 15.3. The van der Waals surface area contributed by atoms with Crippen LogP contribution in [0.5, 0.6) is 0 Å². The van der Waals surface area contributed by atoms with E-state index in [9.17, 15) is 27.4 Å². The van der Waals surface area contributed by atoms with Crippen LogP contribution in [0.3, 0.4) is 0 Å². The van der Waals surface area contributed by atoms with Gasteiger partial charge >= 0.3 is 0 Å². The topological polar surface area (TPSA) is 3.24 Å². The lowest BCUT2D eigenvalue weighted by Crippen LogP contribution is -2.26. The highest BCUT2D eigenvalue weighted by molar-refractivity contribution is 6.04. The molecular formula is C65H43N. The number of anilines is 3. The first kappa shape index (κ1) is 17.1. The van der Waals surface area contributed by atoms with Gasteiger partial charge in [0.2, 0.25) is 0 Å². The first-order chi connectivity index (χ1) is 46.8. The predicted octanol–water partition coefficient (Wildman–Crippen LogP) is 17.3. The van der Waals surface area contributed by atoms with E-state index in [-0.39, 0.29) is 51.0 Å². The van der Waals surface area contributed by atoms with Crippen LogP contribution in [0, 0.1) is 0 Å². The molecule has 1 atom stereocenters. The zero-order valence-electron chi connectivity index (χ0n) is 67.6. The van der Waals surface area contributed by atoms with Crippen LogP contribution in [0.1, 0.15) is 68.9 Å². The van der Waals surface area contributed by atoms with Crippen molar-refractivity contribution in [2.45, 2.75) is 5.41 Å². The monoisotopic (exact) mass is 872 g/mol. The second-order valence-electron chi connectivity index (χ2n) is 14.9. The Morgan fingerprint density at radius 3 is 1.77 bits per heavy atom. The maximum Gasteiger partial charge on any atom is 0.0726 e. The Balaban J connectivity index is 1.19. The number of hydrogen-bond acceptors (Lipinski definition) is 1. The molecule has 0 radical (unpaired) electrons. The summed E-state index contributed by atoms with van der Waals surface area (Å²) in [6.07, 6.45) is 0. The van der Waals surface area contributed by atoms with E-state index in [1.165, 1.54) is 6.07 Å². The van der Waals surface area contributed by atoms with Crippen molar-refractivity contribution >= 4 is 27.8 Å². The molecule has 1 heteroatoms. The Labute approximate surface area is 434 Å². The first-order valence-corrected chi connectivity index (χ1v) is 20.1. The average molecular weight is 872 g/mol. The minimum atomic E-state index is -2.38. The third kappa shape index (κ3) is 5.87. The minimum absolute atomic E-state index is 0.142. The van der Waals surface area contributed by atoms with E-state index in [1.807, 2.05) is 0 Å². The average Bonchev–Trinajstić information content (AvgIpc) is 1.48. The van der Waals surface area contributed by atoms with Crippen LogP contribution in [0.2, 0.25) is 0 Å². The van der Waals surface area contributed by atoms with Crippen molar-refractivity contribution < 1.29 is 46.6 Å². The second-order valence-corrected chi connectivity index (χ2v) is 14.9. The number of hydrogen-bond donors (Lipinski definition) is 0. The number of benzene rings is 11. The highest BCUT2D eigenvalue weighted by Gasteiger charge is 2.51. The van der Waals surface area contributed by atoms with Crippen molar-refractivity contribution in [3.05, 3.63) is 282 Å². The van der Waals surface area contributed by atoms with Crippen molar-refractivity contribution in [2.75, 3.05) is 4.90 Å². The van der Waals surface area contributed by atoms with Gasteiger partial charge in [-0.15, -0.1) is 0 Å². The lowest BCUT2D eigenvalue weighted by Gasteiger charge is -2.32. The lowest BCUT2D eigenvalue weighted by molar-refractivity contribution is 0.793. The normalized spacial score (nSPS) is 21.3. The number of fused-ring (bicyclic) bond motifs is 11. The summed E-state index contributed by atoms with van der Waals surface area (Å²) < 4.78 is 316. The molecule has 0 aromatic heterocycles. The summed E-state index contributed by atoms with van der Waals surface area (Å²) in [4.78, 5) is 0.572. The summed E-state index contributed by atoms with van der Waals surface area (Å²) in [5.41, 5.74) is -13.1. The van der Waals surface area contributed by atoms with Gasteiger partial charge in [0.1, 0.15) is 0 Å². The van der Waals surface area contributed by atoms with E-state index < -0.39 is 277 Å². The van der Waals surface area contributed by atoms with Crippen LogP contribution in [0.25, 0.3) is 77.5 Å². The van der Waals surface area contributed by atoms with E-state index >= 15 is 0 Å². The van der Waals surface area contributed by atoms with Gasteiger partial charge in [-0.1, -0.05) is 224 Å². The maximum atomic E-state index is 10.8. The summed E-state index contributed by atoms with van der Waals surface area (Å²) in [6.45, 7) is 0. The molecule has 0 N–H and O–H groups in total. The molecule has 2 aliphatic carbocycles. The van der Waals surface area contributed by atoms with Gasteiger partial charge in [0.25, 0.3) is 0 Å². The molecule has 13 rings (SSSR count). The van der Waals surface area contributed by atoms with Crippen molar-refractivity contribution in [3.8, 4) is 66.8 Å². The zero-order valence-corrected chi connectivity index (χ0v) is 33.6. The number of nitrogens with zero attached hydrogens (tertiary/aromatic N) is 1. The standard InChI is InChI=1S/C65H43N/c1-3-15-44(16-4-1)46-27-29-50(30-28-46)64-54-20-8-7-19-48(54)35-41-55(64)49-33-38-52(39-34-49)66(51-36-31-47(32-37-51)45-17-5-2-6-18-45)53-40-42-59-58-23-11-14-26-62(58)65(63(59)43-53)60-24-12-9-21-56(60)57-22-10-13-25-61(57)65/h1-43H/i1D,3D,4D,5D,6D,8D,9D,12D,13D,14D,15D,16D,17D,19D,20D,21D,22D,23D,26D,27D,28D,29D,30D,31D,32D,33D,35D,36D,37D,38D,39D,40D,41D,43D. The fraction of sp³-hybridized carbons (Fsp3) is 0.0154. The maximum absolute atomic E-state index is 10.8. The smallest absolute Gasteiger partial charge is 0.0726 e. The van der Waals surface area contributed by atoms with Gasteiger partial charge in [0, 0.05) is 17.1 Å². The van der Waals surface area contributed by atoms with Crippen molar-refractivity contribution in [1.82, 2.24) is 0 Å². The molecular weight excluding hydrogens is 795 g/mol. The third-order valence-electron chi connectivity index (χ3n) is 11.5. The molecule has 2 aliphatic rings. The van der Waals surface area contributed by atoms with Crippen molar-refractivity contribution in [1.29, 1.82) is 0 Å². The molecule has 66 heavy (non-hydrogen) atoms. The van der Waals surface area contributed by atoms with E-state index in [4.69, 9.17) is 19.2 Å². The first-order valence-electron chi connectivity index (χ1n) is 37.1. The summed E-state index contributed by atoms with van der Waals surface area (Å²) in [5.74, 6) is 0. The molecule has 11 aromatic carbocycles. The molecule has 308 valence electrons. The molecule has 1 spiro atoms. The third-order valence-corrected chi connectivity index (χ3v) is 11.5. The van der Waals surface area contributed by atoms with Crippen LogP contribution in [0.15, 0.2) is 260 Å². The molecule has 0 saturated carbocycles. The highest BCUT2D eigenvalue weighted by atomic mass is 15.1. The number of rotatable bonds is 7. The zero-order chi connectivity index (χ0) is 73.2. The molecule has 0 fully saturated rings. The molecule has 0 amide bonds. The molecule has 0 bridgehead atoms. The van der Waals surface area contributed by atoms with Gasteiger partial charge in [-0.2, -0.15) is 0 Å². The lowest BCUT2D eigenvalue weighted by atomic mass is 9.70. The Bertz CT molecular complexity index is 5600. The summed E-state index contributed by atoms with van der Waals surface area (Å²) in [5, 5.41) is -1.25.